The van der Waals surface area contributed by atoms with Crippen molar-refractivity contribution in [3.8, 4) is 28.3 Å². The van der Waals surface area contributed by atoms with Gasteiger partial charge in [0.05, 0.1) is 7.11 Å². The number of imidazole rings is 1. The summed E-state index contributed by atoms with van der Waals surface area (Å²) >= 11 is 0. The summed E-state index contributed by atoms with van der Waals surface area (Å²) in [7, 11) is 1.64. The van der Waals surface area contributed by atoms with Crippen molar-refractivity contribution in [3.05, 3.63) is 88.7 Å². The molecule has 5 nitrogen and oxygen atoms in total. The summed E-state index contributed by atoms with van der Waals surface area (Å²) < 4.78 is 33.9. The largest absolute Gasteiger partial charge is 0.496 e. The average Bonchev–Trinajstić information content (AvgIpc) is 3.25. The molecule has 4 rings (SSSR count). The van der Waals surface area contributed by atoms with Gasteiger partial charge in [-0.2, -0.15) is 0 Å². The lowest BCUT2D eigenvalue weighted by Gasteiger charge is -2.16. The number of ether oxygens (including phenoxy) is 1. The molecule has 3 aromatic carbocycles. The van der Waals surface area contributed by atoms with Gasteiger partial charge in [-0.3, -0.25) is 4.79 Å². The van der Waals surface area contributed by atoms with E-state index in [1.54, 1.807) is 20.1 Å². The fourth-order valence-electron chi connectivity index (χ4n) is 4.33. The quantitative estimate of drug-likeness (QED) is 0.284. The van der Waals surface area contributed by atoms with E-state index in [0.717, 1.165) is 33.6 Å². The summed E-state index contributed by atoms with van der Waals surface area (Å²) in [5.74, 6) is -2.15. The molecule has 0 spiro atoms. The first kappa shape index (κ1) is 25.1. The zero-order valence-electron chi connectivity index (χ0n) is 21.0. The minimum atomic E-state index is -2.96. The van der Waals surface area contributed by atoms with Gasteiger partial charge in [-0.15, -0.1) is 0 Å². The number of alkyl halides is 2. The lowest BCUT2D eigenvalue weighted by atomic mass is 9.92. The number of nitrogens with one attached hydrogen (secondary N) is 2. The lowest BCUT2D eigenvalue weighted by Crippen LogP contribution is -2.16. The van der Waals surface area contributed by atoms with Gasteiger partial charge in [-0.1, -0.05) is 43.3 Å². The second-order valence-electron chi connectivity index (χ2n) is 8.78. The molecule has 0 aliphatic heterocycles. The molecule has 0 unspecified atom stereocenters. The number of hydrogen-bond donors (Lipinski definition) is 2. The molecule has 1 amide bonds. The maximum absolute atomic E-state index is 14.1. The van der Waals surface area contributed by atoms with E-state index in [-0.39, 0.29) is 23.4 Å². The van der Waals surface area contributed by atoms with Gasteiger partial charge in [0.2, 0.25) is 0 Å². The van der Waals surface area contributed by atoms with Gasteiger partial charge >= 0.3 is 0 Å². The Bertz CT molecular complexity index is 1430. The van der Waals surface area contributed by atoms with Gasteiger partial charge in [0.1, 0.15) is 17.3 Å². The molecule has 0 aliphatic rings. The molecule has 186 valence electrons. The third-order valence-electron chi connectivity index (χ3n) is 6.40. The first-order valence-electron chi connectivity index (χ1n) is 11.8. The van der Waals surface area contributed by atoms with Crippen LogP contribution in [0.5, 0.6) is 5.75 Å². The van der Waals surface area contributed by atoms with E-state index >= 15 is 0 Å². The number of methoxy groups -OCH3 is 1. The number of halogens is 2. The smallest absolute Gasteiger partial charge is 0.276 e. The van der Waals surface area contributed by atoms with Gasteiger partial charge in [0.25, 0.3) is 11.8 Å². The molecular formula is C29H29F2N3O2. The number of nitrogens with zero attached hydrogens (tertiary/aromatic N) is 1. The lowest BCUT2D eigenvalue weighted by molar-refractivity contribution is -0.00824. The standard InChI is InChI=1S/C29H29F2N3O2/c1-6-29(30,31)20-11-9-12-21(16-20)33-28(35)26-19(4)32-27(34-26)23-14-15-24(36-5)25(18(23)3)22-13-8-7-10-17(22)2/h7-16H,6H2,1-5H3,(H,32,34)(H,33,35). The van der Waals surface area contributed by atoms with E-state index < -0.39 is 11.8 Å². The van der Waals surface area contributed by atoms with Crippen molar-refractivity contribution >= 4 is 11.6 Å². The minimum Gasteiger partial charge on any atom is -0.496 e. The maximum Gasteiger partial charge on any atom is 0.276 e. The Morgan fingerprint density at radius 2 is 1.78 bits per heavy atom. The van der Waals surface area contributed by atoms with Crippen LogP contribution in [0.25, 0.3) is 22.5 Å². The van der Waals surface area contributed by atoms with E-state index in [0.29, 0.717) is 11.5 Å². The number of amides is 1. The number of carbonyl (C=O) groups is 1. The first-order valence-corrected chi connectivity index (χ1v) is 11.8. The topological polar surface area (TPSA) is 67.0 Å². The van der Waals surface area contributed by atoms with Crippen molar-refractivity contribution in [3.63, 3.8) is 0 Å². The maximum atomic E-state index is 14.1. The number of benzene rings is 3. The van der Waals surface area contributed by atoms with Gasteiger partial charge < -0.3 is 15.0 Å². The summed E-state index contributed by atoms with van der Waals surface area (Å²) in [6.45, 7) is 7.22. The fourth-order valence-corrected chi connectivity index (χ4v) is 4.33. The Morgan fingerprint density at radius 3 is 2.47 bits per heavy atom. The van der Waals surface area contributed by atoms with Gasteiger partial charge in [0, 0.05) is 34.5 Å². The van der Waals surface area contributed by atoms with Crippen molar-refractivity contribution in [2.45, 2.75) is 40.0 Å². The molecule has 1 aromatic heterocycles. The fraction of sp³-hybridized carbons (Fsp3) is 0.241. The molecular weight excluding hydrogens is 460 g/mol. The third-order valence-corrected chi connectivity index (χ3v) is 6.40. The van der Waals surface area contributed by atoms with Crippen molar-refractivity contribution in [2.24, 2.45) is 0 Å². The third kappa shape index (κ3) is 4.73. The van der Waals surface area contributed by atoms with Crippen LogP contribution in [-0.4, -0.2) is 23.0 Å². The Balaban J connectivity index is 1.69. The van der Waals surface area contributed by atoms with Crippen LogP contribution in [0.15, 0.2) is 60.7 Å². The number of aryl methyl sites for hydroxylation is 2. The monoisotopic (exact) mass is 489 g/mol. The Kier molecular flexibility index (Phi) is 6.93. The second-order valence-corrected chi connectivity index (χ2v) is 8.78. The number of H-pyrrole nitrogens is 1. The number of hydrogen-bond acceptors (Lipinski definition) is 3. The van der Waals surface area contributed by atoms with E-state index in [2.05, 4.69) is 15.3 Å². The molecule has 36 heavy (non-hydrogen) atoms. The van der Waals surface area contributed by atoms with Gasteiger partial charge in [-0.25, -0.2) is 13.8 Å². The molecule has 0 fully saturated rings. The molecule has 0 aliphatic carbocycles. The summed E-state index contributed by atoms with van der Waals surface area (Å²) in [6.07, 6.45) is -0.321. The number of aromatic amines is 1. The molecule has 0 atom stereocenters. The summed E-state index contributed by atoms with van der Waals surface area (Å²) in [5, 5.41) is 2.70. The van der Waals surface area contributed by atoms with E-state index in [1.807, 2.05) is 50.2 Å². The molecule has 2 N–H and O–H groups in total. The summed E-state index contributed by atoms with van der Waals surface area (Å²) in [6, 6.07) is 17.6. The van der Waals surface area contributed by atoms with Crippen LogP contribution >= 0.6 is 0 Å². The SMILES string of the molecule is CCC(F)(F)c1cccc(NC(=O)c2nc(-c3ccc(OC)c(-c4ccccc4C)c3C)[nH]c2C)c1. The molecule has 7 heteroatoms. The van der Waals surface area contributed by atoms with E-state index in [1.165, 1.54) is 25.1 Å². The van der Waals surface area contributed by atoms with Crippen LogP contribution in [0.2, 0.25) is 0 Å². The zero-order chi connectivity index (χ0) is 26.0. The second kappa shape index (κ2) is 9.93. The van der Waals surface area contributed by atoms with E-state index in [4.69, 9.17) is 4.74 Å². The van der Waals surface area contributed by atoms with Crippen LogP contribution in [-0.2, 0) is 5.92 Å². The molecule has 0 radical (unpaired) electrons. The van der Waals surface area contributed by atoms with Crippen molar-refractivity contribution in [1.82, 2.24) is 9.97 Å². The molecule has 0 saturated carbocycles. The predicted octanol–water partition coefficient (Wildman–Crippen LogP) is 7.43. The highest BCUT2D eigenvalue weighted by atomic mass is 19.3. The predicted molar refractivity (Wildman–Crippen MR) is 139 cm³/mol. The normalized spacial score (nSPS) is 11.4. The van der Waals surface area contributed by atoms with Crippen molar-refractivity contribution in [2.75, 3.05) is 12.4 Å². The zero-order valence-corrected chi connectivity index (χ0v) is 21.0. The highest BCUT2D eigenvalue weighted by Gasteiger charge is 2.29. The van der Waals surface area contributed by atoms with Crippen LogP contribution in [0.3, 0.4) is 0 Å². The highest BCUT2D eigenvalue weighted by molar-refractivity contribution is 6.04. The van der Waals surface area contributed by atoms with Crippen LogP contribution in [0, 0.1) is 20.8 Å². The number of anilines is 1. The molecule has 4 aromatic rings. The summed E-state index contributed by atoms with van der Waals surface area (Å²) in [4.78, 5) is 20.8. The van der Waals surface area contributed by atoms with Crippen molar-refractivity contribution < 1.29 is 18.3 Å². The highest BCUT2D eigenvalue weighted by Crippen LogP contribution is 2.39. The van der Waals surface area contributed by atoms with Crippen molar-refractivity contribution in [1.29, 1.82) is 0 Å². The van der Waals surface area contributed by atoms with Gasteiger partial charge in [0.15, 0.2) is 0 Å². The van der Waals surface area contributed by atoms with Gasteiger partial charge in [-0.05, 0) is 61.7 Å². The average molecular weight is 490 g/mol. The van der Waals surface area contributed by atoms with Crippen LogP contribution < -0.4 is 10.1 Å². The molecule has 0 saturated heterocycles. The Hall–Kier alpha value is -4.00. The molecule has 0 bridgehead atoms. The first-order chi connectivity index (χ1) is 17.2. The number of rotatable bonds is 7. The number of aromatic nitrogens is 2. The minimum absolute atomic E-state index is 0.139. The van der Waals surface area contributed by atoms with Crippen LogP contribution in [0.1, 0.15) is 46.2 Å². The molecule has 1 heterocycles. The Morgan fingerprint density at radius 1 is 1.03 bits per heavy atom. The number of carbonyl (C=O) groups excluding carboxylic acids is 1. The van der Waals surface area contributed by atoms with E-state index in [9.17, 15) is 13.6 Å². The summed E-state index contributed by atoms with van der Waals surface area (Å²) in [5.41, 5.74) is 5.84. The van der Waals surface area contributed by atoms with Crippen LogP contribution in [0.4, 0.5) is 14.5 Å². The Labute approximate surface area is 209 Å².